The van der Waals surface area contributed by atoms with Crippen LogP contribution in [0, 0.1) is 10.1 Å². The third-order valence-electron chi connectivity index (χ3n) is 7.26. The number of carbonyl (C=O) groups excluding carboxylic acids is 1. The smallest absolute Gasteiger partial charge is 0.311 e. The zero-order valence-electron chi connectivity index (χ0n) is 23.9. The summed E-state index contributed by atoms with van der Waals surface area (Å²) in [4.78, 5) is 22.1. The van der Waals surface area contributed by atoms with Crippen LogP contribution in [-0.4, -0.2) is 10.9 Å². The minimum atomic E-state index is -0.466. The molecule has 0 aromatic heterocycles. The second-order valence-corrected chi connectivity index (χ2v) is 10.8. The van der Waals surface area contributed by atoms with Gasteiger partial charge in [0.1, 0.15) is 5.75 Å². The molecule has 0 spiro atoms. The molecule has 0 saturated carbocycles. The van der Waals surface area contributed by atoms with Gasteiger partial charge >= 0.3 is 5.97 Å². The van der Waals surface area contributed by atoms with Crippen LogP contribution in [-0.2, 0) is 4.79 Å². The lowest BCUT2D eigenvalue weighted by Gasteiger charge is -2.05. The molecule has 0 fully saturated rings. The highest BCUT2D eigenvalue weighted by Crippen LogP contribution is 2.19. The van der Waals surface area contributed by atoms with Crippen molar-refractivity contribution in [1.29, 1.82) is 0 Å². The van der Waals surface area contributed by atoms with Crippen molar-refractivity contribution >= 4 is 11.7 Å². The topological polar surface area (TPSA) is 69.4 Å². The van der Waals surface area contributed by atoms with Gasteiger partial charge in [-0.05, 0) is 18.6 Å². The van der Waals surface area contributed by atoms with Crippen LogP contribution in [0.2, 0.25) is 0 Å². The van der Waals surface area contributed by atoms with Crippen LogP contribution in [0.4, 0.5) is 5.69 Å². The first-order valence-electron chi connectivity index (χ1n) is 15.6. The highest BCUT2D eigenvalue weighted by molar-refractivity contribution is 5.72. The Bertz CT molecular complexity index is 674. The zero-order valence-corrected chi connectivity index (χ0v) is 23.9. The van der Waals surface area contributed by atoms with E-state index in [0.717, 1.165) is 12.8 Å². The molecule has 0 aliphatic carbocycles. The first kappa shape index (κ1) is 33.1. The van der Waals surface area contributed by atoms with Crippen molar-refractivity contribution in [1.82, 2.24) is 0 Å². The minimum Gasteiger partial charge on any atom is -0.427 e. The van der Waals surface area contributed by atoms with Gasteiger partial charge in [0.2, 0.25) is 0 Å². The summed E-state index contributed by atoms with van der Waals surface area (Å²) in [5.41, 5.74) is -0.00499. The van der Waals surface area contributed by atoms with Crippen LogP contribution in [0.5, 0.6) is 5.75 Å². The predicted octanol–water partition coefficient (Wildman–Crippen LogP) is 10.9. The predicted molar refractivity (Wildman–Crippen MR) is 155 cm³/mol. The van der Waals surface area contributed by atoms with Crippen LogP contribution in [0.25, 0.3) is 0 Å². The molecule has 0 unspecified atom stereocenters. The number of nitro groups is 1. The highest BCUT2D eigenvalue weighted by atomic mass is 16.6. The molecule has 0 saturated heterocycles. The van der Waals surface area contributed by atoms with Crippen molar-refractivity contribution < 1.29 is 14.5 Å². The van der Waals surface area contributed by atoms with Crippen molar-refractivity contribution in [3.05, 3.63) is 34.4 Å². The van der Waals surface area contributed by atoms with Gasteiger partial charge in [-0.15, -0.1) is 0 Å². The number of hydrogen-bond donors (Lipinski definition) is 0. The molecular weight excluding hydrogens is 462 g/mol. The average Bonchev–Trinajstić information content (AvgIpc) is 2.89. The van der Waals surface area contributed by atoms with Crippen LogP contribution >= 0.6 is 0 Å². The van der Waals surface area contributed by atoms with E-state index < -0.39 is 4.92 Å². The minimum absolute atomic E-state index is 0.00499. The largest absolute Gasteiger partial charge is 0.427 e. The molecule has 0 amide bonds. The first-order chi connectivity index (χ1) is 18.1. The lowest BCUT2D eigenvalue weighted by Crippen LogP contribution is -2.07. The highest BCUT2D eigenvalue weighted by Gasteiger charge is 2.08. The second-order valence-electron chi connectivity index (χ2n) is 10.8. The van der Waals surface area contributed by atoms with Gasteiger partial charge < -0.3 is 4.74 Å². The second kappa shape index (κ2) is 24.4. The average molecular weight is 518 g/mol. The van der Waals surface area contributed by atoms with Crippen LogP contribution in [0.1, 0.15) is 161 Å². The van der Waals surface area contributed by atoms with Gasteiger partial charge in [-0.1, -0.05) is 148 Å². The molecule has 1 aromatic carbocycles. The molecular formula is C32H55NO4. The Morgan fingerprint density at radius 3 is 1.24 bits per heavy atom. The number of ether oxygens (including phenoxy) is 1. The standard InChI is InChI=1S/C32H55NO4/c1-2-3-4-5-6-7-8-9-10-11-12-13-14-15-16-17-18-19-20-21-22-23-24-25-32(34)37-31-28-26-30(27-29-31)33(35)36/h26-29H,2-25H2,1H3. The van der Waals surface area contributed by atoms with Crippen molar-refractivity contribution in [2.24, 2.45) is 0 Å². The van der Waals surface area contributed by atoms with Gasteiger partial charge in [0.15, 0.2) is 0 Å². The van der Waals surface area contributed by atoms with E-state index in [-0.39, 0.29) is 11.7 Å². The molecule has 1 rings (SSSR count). The van der Waals surface area contributed by atoms with E-state index in [1.54, 1.807) is 0 Å². The molecule has 0 N–H and O–H groups in total. The van der Waals surface area contributed by atoms with Crippen LogP contribution < -0.4 is 4.74 Å². The Hall–Kier alpha value is -1.91. The van der Waals surface area contributed by atoms with E-state index in [9.17, 15) is 14.9 Å². The Balaban J connectivity index is 1.75. The number of rotatable bonds is 26. The van der Waals surface area contributed by atoms with E-state index in [4.69, 9.17) is 4.74 Å². The fourth-order valence-electron chi connectivity index (χ4n) is 4.87. The normalized spacial score (nSPS) is 11.1. The summed E-state index contributed by atoms with van der Waals surface area (Å²) in [6.45, 7) is 2.29. The quantitative estimate of drug-likeness (QED) is 0.0403. The maximum Gasteiger partial charge on any atom is 0.311 e. The number of carbonyl (C=O) groups is 1. The molecule has 37 heavy (non-hydrogen) atoms. The summed E-state index contributed by atoms with van der Waals surface area (Å²) >= 11 is 0. The van der Waals surface area contributed by atoms with E-state index in [1.807, 2.05) is 0 Å². The van der Waals surface area contributed by atoms with Gasteiger partial charge in [-0.2, -0.15) is 0 Å². The molecule has 0 heterocycles. The summed E-state index contributed by atoms with van der Waals surface area (Å²) in [6.07, 6.45) is 31.5. The number of hydrogen-bond acceptors (Lipinski definition) is 4. The Labute approximate surface area is 227 Å². The van der Waals surface area contributed by atoms with Crippen molar-refractivity contribution in [2.45, 2.75) is 161 Å². The fourth-order valence-corrected chi connectivity index (χ4v) is 4.87. The van der Waals surface area contributed by atoms with Gasteiger partial charge in [0, 0.05) is 18.6 Å². The molecule has 0 aliphatic heterocycles. The Morgan fingerprint density at radius 2 is 0.919 bits per heavy atom. The molecule has 0 atom stereocenters. The van der Waals surface area contributed by atoms with E-state index in [2.05, 4.69) is 6.92 Å². The number of nitro benzene ring substituents is 1. The van der Waals surface area contributed by atoms with Gasteiger partial charge in [0.25, 0.3) is 5.69 Å². The van der Waals surface area contributed by atoms with Crippen molar-refractivity contribution in [2.75, 3.05) is 0 Å². The summed E-state index contributed by atoms with van der Waals surface area (Å²) in [7, 11) is 0. The van der Waals surface area contributed by atoms with E-state index >= 15 is 0 Å². The number of benzene rings is 1. The van der Waals surface area contributed by atoms with Crippen molar-refractivity contribution in [3.63, 3.8) is 0 Å². The van der Waals surface area contributed by atoms with Gasteiger partial charge in [-0.3, -0.25) is 14.9 Å². The number of nitrogens with zero attached hydrogens (tertiary/aromatic N) is 1. The fraction of sp³-hybridized carbons (Fsp3) is 0.781. The molecule has 0 aliphatic rings. The molecule has 5 heteroatoms. The summed E-state index contributed by atoms with van der Waals surface area (Å²) in [5, 5.41) is 10.7. The SMILES string of the molecule is CCCCCCCCCCCCCCCCCCCCCCCCCC(=O)Oc1ccc([N+](=O)[O-])cc1. The maximum atomic E-state index is 11.9. The lowest BCUT2D eigenvalue weighted by molar-refractivity contribution is -0.384. The zero-order chi connectivity index (χ0) is 26.8. The monoisotopic (exact) mass is 517 g/mol. The molecule has 0 radical (unpaired) electrons. The van der Waals surface area contributed by atoms with Crippen LogP contribution in [0.3, 0.4) is 0 Å². The van der Waals surface area contributed by atoms with E-state index in [0.29, 0.717) is 12.2 Å². The molecule has 0 bridgehead atoms. The molecule has 5 nitrogen and oxygen atoms in total. The molecule has 212 valence electrons. The first-order valence-corrected chi connectivity index (χ1v) is 15.6. The third kappa shape index (κ3) is 20.8. The van der Waals surface area contributed by atoms with Gasteiger partial charge in [-0.25, -0.2) is 0 Å². The van der Waals surface area contributed by atoms with Crippen molar-refractivity contribution in [3.8, 4) is 5.75 Å². The third-order valence-corrected chi connectivity index (χ3v) is 7.26. The van der Waals surface area contributed by atoms with Gasteiger partial charge in [0.05, 0.1) is 4.92 Å². The Morgan fingerprint density at radius 1 is 0.595 bits per heavy atom. The molecule has 1 aromatic rings. The summed E-state index contributed by atoms with van der Waals surface area (Å²) < 4.78 is 5.24. The summed E-state index contributed by atoms with van der Waals surface area (Å²) in [6, 6.07) is 5.63. The Kier molecular flexibility index (Phi) is 21.9. The maximum absolute atomic E-state index is 11.9. The number of unbranched alkanes of at least 4 members (excludes halogenated alkanes) is 22. The van der Waals surface area contributed by atoms with Crippen LogP contribution in [0.15, 0.2) is 24.3 Å². The lowest BCUT2D eigenvalue weighted by atomic mass is 10.0. The van der Waals surface area contributed by atoms with E-state index in [1.165, 1.54) is 159 Å². The number of esters is 1. The number of non-ortho nitro benzene ring substituents is 1. The summed E-state index contributed by atoms with van der Waals surface area (Å²) in [5.74, 6) is 0.0991.